The van der Waals surface area contributed by atoms with Crippen LogP contribution in [0.15, 0.2) is 24.3 Å². The van der Waals surface area contributed by atoms with E-state index < -0.39 is 0 Å². The fourth-order valence-corrected chi connectivity index (χ4v) is 4.93. The van der Waals surface area contributed by atoms with E-state index in [1.54, 1.807) is 11.3 Å². The third kappa shape index (κ3) is 5.78. The molecule has 2 saturated heterocycles. The van der Waals surface area contributed by atoms with Crippen molar-refractivity contribution in [1.29, 1.82) is 0 Å². The normalized spacial score (nSPS) is 22.8. The minimum absolute atomic E-state index is 0. The number of halogens is 2. The second kappa shape index (κ2) is 10.6. The van der Waals surface area contributed by atoms with Gasteiger partial charge in [-0.1, -0.05) is 12.1 Å². The zero-order valence-corrected chi connectivity index (χ0v) is 17.8. The van der Waals surface area contributed by atoms with Gasteiger partial charge in [0.15, 0.2) is 0 Å². The van der Waals surface area contributed by atoms with Crippen LogP contribution >= 0.6 is 36.2 Å². The molecule has 2 atom stereocenters. The van der Waals surface area contributed by atoms with Gasteiger partial charge in [0, 0.05) is 13.1 Å². The molecule has 150 valence electrons. The molecule has 0 radical (unpaired) electrons. The summed E-state index contributed by atoms with van der Waals surface area (Å²) >= 11 is 1.80. The zero-order chi connectivity index (χ0) is 17.1. The first kappa shape index (κ1) is 22.4. The Morgan fingerprint density at radius 3 is 2.89 bits per heavy atom. The van der Waals surface area contributed by atoms with Gasteiger partial charge in [-0.05, 0) is 56.8 Å². The highest BCUT2D eigenvalue weighted by Gasteiger charge is 2.25. The van der Waals surface area contributed by atoms with E-state index in [9.17, 15) is 4.79 Å². The largest absolute Gasteiger partial charge is 0.354 e. The molecule has 1 aromatic heterocycles. The van der Waals surface area contributed by atoms with E-state index in [2.05, 4.69) is 33.7 Å². The molecule has 2 aromatic rings. The molecule has 0 bridgehead atoms. The number of benzene rings is 1. The summed E-state index contributed by atoms with van der Waals surface area (Å²) in [4.78, 5) is 19.4. The minimum Gasteiger partial charge on any atom is -0.354 e. The lowest BCUT2D eigenvalue weighted by Crippen LogP contribution is -2.45. The molecule has 2 fully saturated rings. The van der Waals surface area contributed by atoms with Crippen LogP contribution in [0.25, 0.3) is 10.2 Å². The Morgan fingerprint density at radius 2 is 2.11 bits per heavy atom. The fraction of sp³-hybridized carbons (Fsp3) is 0.579. The van der Waals surface area contributed by atoms with Gasteiger partial charge in [-0.25, -0.2) is 4.98 Å². The van der Waals surface area contributed by atoms with Crippen LogP contribution in [-0.2, 0) is 11.3 Å². The molecule has 2 unspecified atom stereocenters. The summed E-state index contributed by atoms with van der Waals surface area (Å²) < 4.78 is 1.27. The molecule has 27 heavy (non-hydrogen) atoms. The molecular weight excluding hydrogens is 403 g/mol. The van der Waals surface area contributed by atoms with Crippen LogP contribution in [0.2, 0.25) is 0 Å². The van der Waals surface area contributed by atoms with Crippen molar-refractivity contribution >= 4 is 52.3 Å². The standard InChI is InChI=1S/C19H26N4OS.2ClH/c24-19(16-7-3-9-20-16)21-11-14-5-4-10-23(12-14)13-18-22-15-6-1-2-8-17(15)25-18;;/h1-2,6,8,14,16,20H,3-5,7,9-13H2,(H,21,24);2*1H. The van der Waals surface area contributed by atoms with Gasteiger partial charge in [0.1, 0.15) is 5.01 Å². The van der Waals surface area contributed by atoms with E-state index in [0.717, 1.165) is 51.1 Å². The highest BCUT2D eigenvalue weighted by Crippen LogP contribution is 2.24. The van der Waals surface area contributed by atoms with Gasteiger partial charge >= 0.3 is 0 Å². The fourth-order valence-electron chi connectivity index (χ4n) is 3.92. The van der Waals surface area contributed by atoms with Gasteiger partial charge < -0.3 is 10.6 Å². The van der Waals surface area contributed by atoms with Crippen molar-refractivity contribution in [3.8, 4) is 0 Å². The van der Waals surface area contributed by atoms with E-state index >= 15 is 0 Å². The maximum atomic E-state index is 12.2. The summed E-state index contributed by atoms with van der Waals surface area (Å²) in [7, 11) is 0. The monoisotopic (exact) mass is 430 g/mol. The van der Waals surface area contributed by atoms with Gasteiger partial charge in [-0.3, -0.25) is 9.69 Å². The maximum Gasteiger partial charge on any atom is 0.237 e. The Labute approximate surface area is 177 Å². The molecule has 8 heteroatoms. The average Bonchev–Trinajstić information content (AvgIpc) is 3.29. The Morgan fingerprint density at radius 1 is 1.26 bits per heavy atom. The molecule has 1 aromatic carbocycles. The van der Waals surface area contributed by atoms with E-state index in [1.807, 2.05) is 6.07 Å². The average molecular weight is 431 g/mol. The molecular formula is C19H28Cl2N4OS. The van der Waals surface area contributed by atoms with Crippen molar-refractivity contribution in [2.45, 2.75) is 38.3 Å². The van der Waals surface area contributed by atoms with Crippen molar-refractivity contribution < 1.29 is 4.79 Å². The highest BCUT2D eigenvalue weighted by molar-refractivity contribution is 7.18. The maximum absolute atomic E-state index is 12.2. The number of aromatic nitrogens is 1. The Kier molecular flexibility index (Phi) is 8.76. The number of piperidine rings is 1. The third-order valence-electron chi connectivity index (χ3n) is 5.24. The molecule has 2 aliphatic heterocycles. The predicted molar refractivity (Wildman–Crippen MR) is 116 cm³/mol. The first-order chi connectivity index (χ1) is 12.3. The van der Waals surface area contributed by atoms with E-state index in [0.29, 0.717) is 5.92 Å². The molecule has 5 nitrogen and oxygen atoms in total. The number of nitrogens with one attached hydrogen (secondary N) is 2. The summed E-state index contributed by atoms with van der Waals surface area (Å²) in [6, 6.07) is 8.37. The van der Waals surface area contributed by atoms with Crippen LogP contribution in [0, 0.1) is 5.92 Å². The Bertz CT molecular complexity index is 702. The minimum atomic E-state index is 0. The van der Waals surface area contributed by atoms with Crippen LogP contribution < -0.4 is 10.6 Å². The van der Waals surface area contributed by atoms with Gasteiger partial charge in [-0.15, -0.1) is 36.2 Å². The van der Waals surface area contributed by atoms with Crippen molar-refractivity contribution in [3.05, 3.63) is 29.3 Å². The zero-order valence-electron chi connectivity index (χ0n) is 15.4. The predicted octanol–water partition coefficient (Wildman–Crippen LogP) is 3.22. The summed E-state index contributed by atoms with van der Waals surface area (Å²) in [5.74, 6) is 0.731. The molecule has 2 N–H and O–H groups in total. The van der Waals surface area contributed by atoms with Crippen LogP contribution in [0.5, 0.6) is 0 Å². The number of likely N-dealkylation sites (tertiary alicyclic amines) is 1. The number of amides is 1. The number of nitrogens with zero attached hydrogens (tertiary/aromatic N) is 2. The van der Waals surface area contributed by atoms with E-state index in [4.69, 9.17) is 4.98 Å². The van der Waals surface area contributed by atoms with Gasteiger partial charge in [0.25, 0.3) is 0 Å². The lowest BCUT2D eigenvalue weighted by molar-refractivity contribution is -0.123. The molecule has 2 aliphatic rings. The summed E-state index contributed by atoms with van der Waals surface area (Å²) in [6.45, 7) is 4.87. The van der Waals surface area contributed by atoms with E-state index in [-0.39, 0.29) is 36.8 Å². The van der Waals surface area contributed by atoms with Crippen molar-refractivity contribution in [2.75, 3.05) is 26.2 Å². The number of rotatable bonds is 5. The summed E-state index contributed by atoms with van der Waals surface area (Å²) in [6.07, 6.45) is 4.49. The summed E-state index contributed by atoms with van der Waals surface area (Å²) in [5.41, 5.74) is 1.10. The second-order valence-corrected chi connectivity index (χ2v) is 8.33. The van der Waals surface area contributed by atoms with Gasteiger partial charge in [-0.2, -0.15) is 0 Å². The Balaban J connectivity index is 0.00000131. The van der Waals surface area contributed by atoms with Crippen LogP contribution in [-0.4, -0.2) is 48.0 Å². The first-order valence-corrected chi connectivity index (χ1v) is 10.2. The molecule has 0 spiro atoms. The SMILES string of the molecule is Cl.Cl.O=C(NCC1CCCN(Cc2nc3ccccc3s2)C1)C1CCCN1. The Hall–Kier alpha value is -0.920. The first-order valence-electron chi connectivity index (χ1n) is 9.36. The van der Waals surface area contributed by atoms with Crippen molar-refractivity contribution in [1.82, 2.24) is 20.5 Å². The molecule has 1 amide bonds. The molecule has 3 heterocycles. The number of hydrogen-bond donors (Lipinski definition) is 2. The van der Waals surface area contributed by atoms with Crippen LogP contribution in [0.1, 0.15) is 30.7 Å². The molecule has 0 aliphatic carbocycles. The lowest BCUT2D eigenvalue weighted by atomic mass is 9.98. The van der Waals surface area contributed by atoms with Crippen LogP contribution in [0.3, 0.4) is 0 Å². The van der Waals surface area contributed by atoms with Crippen molar-refractivity contribution in [3.63, 3.8) is 0 Å². The van der Waals surface area contributed by atoms with Crippen molar-refractivity contribution in [2.24, 2.45) is 5.92 Å². The third-order valence-corrected chi connectivity index (χ3v) is 6.26. The molecule has 0 saturated carbocycles. The quantitative estimate of drug-likeness (QED) is 0.764. The number of hydrogen-bond acceptors (Lipinski definition) is 5. The second-order valence-electron chi connectivity index (χ2n) is 7.21. The van der Waals surface area contributed by atoms with E-state index in [1.165, 1.54) is 22.5 Å². The smallest absolute Gasteiger partial charge is 0.237 e. The number of para-hydroxylation sites is 1. The molecule has 4 rings (SSSR count). The number of carbonyl (C=O) groups excluding carboxylic acids is 1. The lowest BCUT2D eigenvalue weighted by Gasteiger charge is -2.32. The topological polar surface area (TPSA) is 57.3 Å². The van der Waals surface area contributed by atoms with Gasteiger partial charge in [0.2, 0.25) is 5.91 Å². The number of thiazole rings is 1. The highest BCUT2D eigenvalue weighted by atomic mass is 35.5. The summed E-state index contributed by atoms with van der Waals surface area (Å²) in [5, 5.41) is 7.62. The number of carbonyl (C=O) groups is 1. The van der Waals surface area contributed by atoms with Crippen LogP contribution in [0.4, 0.5) is 0 Å². The number of fused-ring (bicyclic) bond motifs is 1. The van der Waals surface area contributed by atoms with Gasteiger partial charge in [0.05, 0.1) is 22.8 Å².